The predicted octanol–water partition coefficient (Wildman–Crippen LogP) is 0.118. The lowest BCUT2D eigenvalue weighted by Gasteiger charge is -2.15. The predicted molar refractivity (Wildman–Crippen MR) is 83.6 cm³/mol. The standard InChI is InChI=1S/C15H20N4O3/c1-19(10-14(20)16-7-8-22-2)9-13-15(21)18-12-6-4-3-5-11(12)17-13/h3-6H,7-10H2,1-2H3,(H,16,20)(H,18,21). The molecule has 0 atom stereocenters. The Bertz CT molecular complexity index is 698. The highest BCUT2D eigenvalue weighted by Gasteiger charge is 2.11. The lowest BCUT2D eigenvalue weighted by molar-refractivity contribution is -0.122. The van der Waals surface area contributed by atoms with E-state index in [0.717, 1.165) is 5.52 Å². The third-order valence-electron chi connectivity index (χ3n) is 3.13. The smallest absolute Gasteiger partial charge is 0.271 e. The Morgan fingerprint density at radius 1 is 1.41 bits per heavy atom. The highest BCUT2D eigenvalue weighted by atomic mass is 16.5. The molecule has 1 amide bonds. The molecule has 0 saturated heterocycles. The van der Waals surface area contributed by atoms with Gasteiger partial charge in [0, 0.05) is 20.2 Å². The van der Waals surface area contributed by atoms with Gasteiger partial charge in [-0.05, 0) is 19.2 Å². The molecule has 0 spiro atoms. The number of ether oxygens (including phenoxy) is 1. The summed E-state index contributed by atoms with van der Waals surface area (Å²) in [4.78, 5) is 32.6. The maximum Gasteiger partial charge on any atom is 0.271 e. The molecule has 2 aromatic rings. The molecule has 1 aromatic carbocycles. The van der Waals surface area contributed by atoms with Crippen LogP contribution in [-0.4, -0.2) is 54.6 Å². The molecule has 2 rings (SSSR count). The summed E-state index contributed by atoms with van der Waals surface area (Å²) < 4.78 is 4.87. The number of benzene rings is 1. The van der Waals surface area contributed by atoms with Crippen LogP contribution in [0.1, 0.15) is 5.69 Å². The number of fused-ring (bicyclic) bond motifs is 1. The van der Waals surface area contributed by atoms with E-state index in [-0.39, 0.29) is 18.0 Å². The molecule has 118 valence electrons. The second-order valence-corrected chi connectivity index (χ2v) is 5.04. The first-order valence-corrected chi connectivity index (χ1v) is 7.02. The minimum atomic E-state index is -0.231. The Kier molecular flexibility index (Phi) is 5.62. The SMILES string of the molecule is COCCNC(=O)CN(C)Cc1nc2ccccc2[nH]c1=O. The van der Waals surface area contributed by atoms with Crippen LogP contribution >= 0.6 is 0 Å². The van der Waals surface area contributed by atoms with Crippen molar-refractivity contribution in [3.63, 3.8) is 0 Å². The van der Waals surface area contributed by atoms with Gasteiger partial charge in [-0.25, -0.2) is 4.98 Å². The topological polar surface area (TPSA) is 87.3 Å². The van der Waals surface area contributed by atoms with Crippen molar-refractivity contribution >= 4 is 16.9 Å². The number of hydrogen-bond donors (Lipinski definition) is 2. The molecule has 0 aliphatic heterocycles. The van der Waals surface area contributed by atoms with Gasteiger partial charge in [-0.3, -0.25) is 14.5 Å². The maximum atomic E-state index is 12.0. The van der Waals surface area contributed by atoms with E-state index < -0.39 is 0 Å². The largest absolute Gasteiger partial charge is 0.383 e. The van der Waals surface area contributed by atoms with Crippen molar-refractivity contribution in [3.05, 3.63) is 40.3 Å². The molecule has 2 N–H and O–H groups in total. The van der Waals surface area contributed by atoms with Crippen molar-refractivity contribution in [1.29, 1.82) is 0 Å². The van der Waals surface area contributed by atoms with E-state index in [9.17, 15) is 9.59 Å². The summed E-state index contributed by atoms with van der Waals surface area (Å²) in [6, 6.07) is 7.35. The Labute approximate surface area is 128 Å². The molecule has 7 heteroatoms. The Morgan fingerprint density at radius 3 is 2.95 bits per heavy atom. The molecule has 0 unspecified atom stereocenters. The summed E-state index contributed by atoms with van der Waals surface area (Å²) in [6.07, 6.45) is 0. The van der Waals surface area contributed by atoms with Crippen molar-refractivity contribution < 1.29 is 9.53 Å². The van der Waals surface area contributed by atoms with Crippen LogP contribution in [0.3, 0.4) is 0 Å². The number of para-hydroxylation sites is 2. The van der Waals surface area contributed by atoms with E-state index in [1.54, 1.807) is 25.1 Å². The van der Waals surface area contributed by atoms with Crippen LogP contribution in [0.2, 0.25) is 0 Å². The van der Waals surface area contributed by atoms with Crippen LogP contribution < -0.4 is 10.9 Å². The zero-order valence-corrected chi connectivity index (χ0v) is 12.8. The van der Waals surface area contributed by atoms with E-state index in [0.29, 0.717) is 30.9 Å². The summed E-state index contributed by atoms with van der Waals surface area (Å²) in [5, 5.41) is 2.73. The third-order valence-corrected chi connectivity index (χ3v) is 3.13. The quantitative estimate of drug-likeness (QED) is 0.709. The third kappa shape index (κ3) is 4.37. The Hall–Kier alpha value is -2.25. The number of nitrogens with zero attached hydrogens (tertiary/aromatic N) is 2. The zero-order valence-electron chi connectivity index (χ0n) is 12.8. The lowest BCUT2D eigenvalue weighted by Crippen LogP contribution is -2.37. The molecule has 1 heterocycles. The first kappa shape index (κ1) is 16.1. The summed E-state index contributed by atoms with van der Waals surface area (Å²) in [5.41, 5.74) is 1.60. The van der Waals surface area contributed by atoms with Crippen LogP contribution in [0.4, 0.5) is 0 Å². The highest BCUT2D eigenvalue weighted by molar-refractivity contribution is 5.78. The molecule has 22 heavy (non-hydrogen) atoms. The fraction of sp³-hybridized carbons (Fsp3) is 0.400. The van der Waals surface area contributed by atoms with Gasteiger partial charge in [-0.1, -0.05) is 12.1 Å². The summed E-state index contributed by atoms with van der Waals surface area (Å²) in [5.74, 6) is -0.114. The average Bonchev–Trinajstić information content (AvgIpc) is 2.48. The molecule has 0 radical (unpaired) electrons. The minimum Gasteiger partial charge on any atom is -0.383 e. The first-order chi connectivity index (χ1) is 10.6. The van der Waals surface area contributed by atoms with Gasteiger partial charge < -0.3 is 15.0 Å². The van der Waals surface area contributed by atoms with Crippen LogP contribution in [0.5, 0.6) is 0 Å². The maximum absolute atomic E-state index is 12.0. The molecule has 0 bridgehead atoms. The molecular weight excluding hydrogens is 284 g/mol. The van der Waals surface area contributed by atoms with E-state index in [1.165, 1.54) is 0 Å². The molecule has 0 aliphatic rings. The van der Waals surface area contributed by atoms with Gasteiger partial charge in [0.25, 0.3) is 5.56 Å². The van der Waals surface area contributed by atoms with Gasteiger partial charge >= 0.3 is 0 Å². The lowest BCUT2D eigenvalue weighted by atomic mass is 10.3. The fourth-order valence-electron chi connectivity index (χ4n) is 2.08. The molecule has 1 aromatic heterocycles. The number of likely N-dealkylation sites (N-methyl/N-ethyl adjacent to an activating group) is 1. The number of aromatic amines is 1. The second-order valence-electron chi connectivity index (χ2n) is 5.04. The van der Waals surface area contributed by atoms with Crippen molar-refractivity contribution in [1.82, 2.24) is 20.2 Å². The first-order valence-electron chi connectivity index (χ1n) is 7.02. The summed E-state index contributed by atoms with van der Waals surface area (Å²) >= 11 is 0. The normalized spacial score (nSPS) is 11.0. The van der Waals surface area contributed by atoms with Crippen LogP contribution in [0.15, 0.2) is 29.1 Å². The molecular formula is C15H20N4O3. The Morgan fingerprint density at radius 2 is 2.18 bits per heavy atom. The van der Waals surface area contributed by atoms with E-state index in [4.69, 9.17) is 4.74 Å². The van der Waals surface area contributed by atoms with Gasteiger partial charge in [0.05, 0.1) is 24.2 Å². The van der Waals surface area contributed by atoms with Crippen molar-refractivity contribution in [2.75, 3.05) is 33.9 Å². The molecule has 0 aliphatic carbocycles. The number of carbonyl (C=O) groups is 1. The second kappa shape index (κ2) is 7.67. The van der Waals surface area contributed by atoms with Crippen molar-refractivity contribution in [2.45, 2.75) is 6.54 Å². The number of methoxy groups -OCH3 is 1. The number of nitrogens with one attached hydrogen (secondary N) is 2. The Balaban J connectivity index is 1.99. The summed E-state index contributed by atoms with van der Waals surface area (Å²) in [7, 11) is 3.35. The van der Waals surface area contributed by atoms with Crippen LogP contribution in [0, 0.1) is 0 Å². The van der Waals surface area contributed by atoms with E-state index in [1.807, 2.05) is 18.2 Å². The van der Waals surface area contributed by atoms with Gasteiger partial charge in [-0.15, -0.1) is 0 Å². The van der Waals surface area contributed by atoms with Crippen LogP contribution in [0.25, 0.3) is 11.0 Å². The molecule has 0 saturated carbocycles. The monoisotopic (exact) mass is 304 g/mol. The van der Waals surface area contributed by atoms with E-state index in [2.05, 4.69) is 15.3 Å². The van der Waals surface area contributed by atoms with Gasteiger partial charge in [0.1, 0.15) is 5.69 Å². The average molecular weight is 304 g/mol. The number of hydrogen-bond acceptors (Lipinski definition) is 5. The van der Waals surface area contributed by atoms with Gasteiger partial charge in [-0.2, -0.15) is 0 Å². The molecule has 7 nitrogen and oxygen atoms in total. The minimum absolute atomic E-state index is 0.114. The number of amides is 1. The van der Waals surface area contributed by atoms with Gasteiger partial charge in [0.15, 0.2) is 0 Å². The van der Waals surface area contributed by atoms with Crippen molar-refractivity contribution in [2.24, 2.45) is 0 Å². The van der Waals surface area contributed by atoms with Gasteiger partial charge in [0.2, 0.25) is 5.91 Å². The number of carbonyl (C=O) groups excluding carboxylic acids is 1. The number of rotatable bonds is 7. The zero-order chi connectivity index (χ0) is 15.9. The van der Waals surface area contributed by atoms with Crippen molar-refractivity contribution in [3.8, 4) is 0 Å². The van der Waals surface area contributed by atoms with Crippen LogP contribution in [-0.2, 0) is 16.1 Å². The number of aromatic nitrogens is 2. The number of H-pyrrole nitrogens is 1. The highest BCUT2D eigenvalue weighted by Crippen LogP contribution is 2.06. The summed E-state index contributed by atoms with van der Waals surface area (Å²) in [6.45, 7) is 1.44. The fourth-order valence-corrected chi connectivity index (χ4v) is 2.08. The molecule has 0 fully saturated rings. The van der Waals surface area contributed by atoms with E-state index >= 15 is 0 Å².